The summed E-state index contributed by atoms with van der Waals surface area (Å²) in [5.74, 6) is 0.740. The van der Waals surface area contributed by atoms with Gasteiger partial charge in [-0.25, -0.2) is 9.18 Å². The van der Waals surface area contributed by atoms with Crippen molar-refractivity contribution in [2.75, 3.05) is 37.7 Å². The highest BCUT2D eigenvalue weighted by Crippen LogP contribution is 2.50. The lowest BCUT2D eigenvalue weighted by Crippen LogP contribution is -2.50. The number of halogens is 1. The maximum absolute atomic E-state index is 14.4. The van der Waals surface area contributed by atoms with Gasteiger partial charge in [0.15, 0.2) is 0 Å². The standard InChI is InChI=1S/C29H40FN3O3/c1-2-15-36-28(35)32-12-4-7-21-16-23(18-26(21)32)31-13-10-29(11-14-31)19-33(27(34)20-5-3-6-20)25-9-8-22(30)17-24(25)29/h8-9,17,20-21,23,26H,2-7,10-16,18-19H2,1H3. The lowest BCUT2D eigenvalue weighted by atomic mass is 9.74. The molecule has 0 aromatic heterocycles. The molecule has 196 valence electrons. The predicted octanol–water partition coefficient (Wildman–Crippen LogP) is 5.10. The summed E-state index contributed by atoms with van der Waals surface area (Å²) in [6.07, 6.45) is 10.2. The average Bonchev–Trinajstić information content (AvgIpc) is 3.42. The molecule has 5 aliphatic rings. The minimum Gasteiger partial charge on any atom is -0.449 e. The third kappa shape index (κ3) is 4.11. The number of hydrogen-bond donors (Lipinski definition) is 0. The van der Waals surface area contributed by atoms with Gasteiger partial charge in [0.25, 0.3) is 0 Å². The Hall–Kier alpha value is -2.15. The second-order valence-electron chi connectivity index (χ2n) is 11.9. The summed E-state index contributed by atoms with van der Waals surface area (Å²) < 4.78 is 19.9. The summed E-state index contributed by atoms with van der Waals surface area (Å²) in [7, 11) is 0. The van der Waals surface area contributed by atoms with Gasteiger partial charge in [0.05, 0.1) is 6.61 Å². The van der Waals surface area contributed by atoms with Crippen LogP contribution < -0.4 is 4.90 Å². The largest absolute Gasteiger partial charge is 0.449 e. The second-order valence-corrected chi connectivity index (χ2v) is 11.9. The molecule has 3 heterocycles. The third-order valence-corrected chi connectivity index (χ3v) is 9.94. The number of carbonyl (C=O) groups excluding carboxylic acids is 2. The van der Waals surface area contributed by atoms with Crippen LogP contribution in [0.1, 0.15) is 76.7 Å². The van der Waals surface area contributed by atoms with Crippen LogP contribution in [-0.4, -0.2) is 66.7 Å². The van der Waals surface area contributed by atoms with Crippen LogP contribution in [0.4, 0.5) is 14.9 Å². The van der Waals surface area contributed by atoms with E-state index in [1.807, 2.05) is 22.8 Å². The number of carbonyl (C=O) groups is 2. The maximum Gasteiger partial charge on any atom is 0.410 e. The smallest absolute Gasteiger partial charge is 0.410 e. The van der Waals surface area contributed by atoms with Gasteiger partial charge in [-0.2, -0.15) is 0 Å². The van der Waals surface area contributed by atoms with E-state index in [-0.39, 0.29) is 29.2 Å². The van der Waals surface area contributed by atoms with Crippen molar-refractivity contribution in [3.05, 3.63) is 29.6 Å². The Bertz CT molecular complexity index is 1000. The van der Waals surface area contributed by atoms with Gasteiger partial charge >= 0.3 is 6.09 Å². The first kappa shape index (κ1) is 24.2. The van der Waals surface area contributed by atoms with E-state index in [2.05, 4.69) is 4.90 Å². The summed E-state index contributed by atoms with van der Waals surface area (Å²) in [4.78, 5) is 32.5. The number of fused-ring (bicyclic) bond motifs is 3. The highest BCUT2D eigenvalue weighted by molar-refractivity contribution is 5.98. The Labute approximate surface area is 214 Å². The molecule has 3 atom stereocenters. The highest BCUT2D eigenvalue weighted by Gasteiger charge is 2.50. The molecule has 7 heteroatoms. The molecular weight excluding hydrogens is 457 g/mol. The third-order valence-electron chi connectivity index (χ3n) is 9.94. The first-order valence-corrected chi connectivity index (χ1v) is 14.3. The van der Waals surface area contributed by atoms with Crippen LogP contribution in [-0.2, 0) is 14.9 Å². The molecule has 36 heavy (non-hydrogen) atoms. The fourth-order valence-electron chi connectivity index (χ4n) is 7.71. The van der Waals surface area contributed by atoms with Crippen molar-refractivity contribution >= 4 is 17.7 Å². The number of piperidine rings is 2. The zero-order valence-electron chi connectivity index (χ0n) is 21.6. The van der Waals surface area contributed by atoms with E-state index in [0.717, 1.165) is 88.7 Å². The molecule has 0 radical (unpaired) electrons. The number of rotatable bonds is 4. The molecule has 6 nitrogen and oxygen atoms in total. The minimum atomic E-state index is -0.205. The van der Waals surface area contributed by atoms with Gasteiger partial charge in [-0.15, -0.1) is 0 Å². The second kappa shape index (κ2) is 9.62. The Kier molecular flexibility index (Phi) is 6.47. The summed E-state index contributed by atoms with van der Waals surface area (Å²) in [6.45, 7) is 5.96. The van der Waals surface area contributed by atoms with Crippen molar-refractivity contribution in [3.63, 3.8) is 0 Å². The summed E-state index contributed by atoms with van der Waals surface area (Å²) >= 11 is 0. The van der Waals surface area contributed by atoms with Gasteiger partial charge in [-0.05, 0) is 101 Å². The first-order chi connectivity index (χ1) is 17.5. The van der Waals surface area contributed by atoms with Gasteiger partial charge in [0, 0.05) is 42.2 Å². The number of anilines is 1. The van der Waals surface area contributed by atoms with Crippen molar-refractivity contribution in [2.24, 2.45) is 11.8 Å². The van der Waals surface area contributed by atoms with Crippen LogP contribution >= 0.6 is 0 Å². The van der Waals surface area contributed by atoms with Gasteiger partial charge in [0.1, 0.15) is 5.82 Å². The molecule has 4 fully saturated rings. The molecule has 6 rings (SSSR count). The van der Waals surface area contributed by atoms with E-state index in [1.165, 1.54) is 12.5 Å². The maximum atomic E-state index is 14.4. The van der Waals surface area contributed by atoms with E-state index < -0.39 is 0 Å². The van der Waals surface area contributed by atoms with Crippen LogP contribution in [0.25, 0.3) is 0 Å². The summed E-state index contributed by atoms with van der Waals surface area (Å²) in [5, 5.41) is 0. The van der Waals surface area contributed by atoms with Crippen molar-refractivity contribution in [3.8, 4) is 0 Å². The number of hydrogen-bond acceptors (Lipinski definition) is 4. The molecule has 1 aromatic rings. The molecular formula is C29H40FN3O3. The van der Waals surface area contributed by atoms with Crippen molar-refractivity contribution in [1.29, 1.82) is 0 Å². The molecule has 1 aromatic carbocycles. The topological polar surface area (TPSA) is 53.1 Å². The fourth-order valence-corrected chi connectivity index (χ4v) is 7.71. The minimum absolute atomic E-state index is 0.134. The molecule has 2 amide bonds. The van der Waals surface area contributed by atoms with E-state index >= 15 is 0 Å². The lowest BCUT2D eigenvalue weighted by Gasteiger charge is -2.42. The normalized spacial score (nSPS) is 29.7. The van der Waals surface area contributed by atoms with Crippen molar-refractivity contribution in [2.45, 2.75) is 88.6 Å². The fraction of sp³-hybridized carbons (Fsp3) is 0.724. The van der Waals surface area contributed by atoms with Crippen LogP contribution in [0.15, 0.2) is 18.2 Å². The number of ether oxygens (including phenoxy) is 1. The monoisotopic (exact) mass is 497 g/mol. The zero-order valence-corrected chi connectivity index (χ0v) is 21.6. The predicted molar refractivity (Wildman–Crippen MR) is 136 cm³/mol. The summed E-state index contributed by atoms with van der Waals surface area (Å²) in [6, 6.07) is 5.81. The zero-order chi connectivity index (χ0) is 24.9. The molecule has 0 bridgehead atoms. The van der Waals surface area contributed by atoms with Gasteiger partial charge in [-0.3, -0.25) is 4.79 Å². The molecule has 0 N–H and O–H groups in total. The lowest BCUT2D eigenvalue weighted by molar-refractivity contribution is -0.124. The average molecular weight is 498 g/mol. The number of likely N-dealkylation sites (tertiary alicyclic amines) is 2. The van der Waals surface area contributed by atoms with E-state index in [4.69, 9.17) is 4.74 Å². The number of amides is 2. The number of benzene rings is 1. The molecule has 2 aliphatic carbocycles. The van der Waals surface area contributed by atoms with Crippen molar-refractivity contribution < 1.29 is 18.7 Å². The Morgan fingerprint density at radius 3 is 2.61 bits per heavy atom. The summed E-state index contributed by atoms with van der Waals surface area (Å²) in [5.41, 5.74) is 1.84. The Morgan fingerprint density at radius 1 is 1.08 bits per heavy atom. The highest BCUT2D eigenvalue weighted by atomic mass is 19.1. The number of nitrogens with zero attached hydrogens (tertiary/aromatic N) is 3. The van der Waals surface area contributed by atoms with Gasteiger partial charge in [-0.1, -0.05) is 13.3 Å². The quantitative estimate of drug-likeness (QED) is 0.581. The Balaban J connectivity index is 1.14. The van der Waals surface area contributed by atoms with Crippen molar-refractivity contribution in [1.82, 2.24) is 9.80 Å². The van der Waals surface area contributed by atoms with Gasteiger partial charge < -0.3 is 19.4 Å². The van der Waals surface area contributed by atoms with Crippen LogP contribution in [0.3, 0.4) is 0 Å². The van der Waals surface area contributed by atoms with E-state index in [9.17, 15) is 14.0 Å². The van der Waals surface area contributed by atoms with Crippen LogP contribution in [0.5, 0.6) is 0 Å². The molecule has 1 spiro atoms. The van der Waals surface area contributed by atoms with Crippen LogP contribution in [0, 0.1) is 17.7 Å². The SMILES string of the molecule is CCCOC(=O)N1CCCC2CC(N3CCC4(CC3)CN(C(=O)C3CCC3)c3ccc(F)cc34)CC21. The first-order valence-electron chi connectivity index (χ1n) is 14.3. The van der Waals surface area contributed by atoms with E-state index in [1.54, 1.807) is 6.07 Å². The molecule has 3 aliphatic heterocycles. The molecule has 2 saturated heterocycles. The molecule has 3 unspecified atom stereocenters. The van der Waals surface area contributed by atoms with E-state index in [0.29, 0.717) is 31.2 Å². The van der Waals surface area contributed by atoms with Gasteiger partial charge in [0.2, 0.25) is 5.91 Å². The Morgan fingerprint density at radius 2 is 1.89 bits per heavy atom. The van der Waals surface area contributed by atoms with Crippen LogP contribution in [0.2, 0.25) is 0 Å². The molecule has 2 saturated carbocycles.